The molecule has 0 aliphatic carbocycles. The molecule has 15 heavy (non-hydrogen) atoms. The summed E-state index contributed by atoms with van der Waals surface area (Å²) in [6, 6.07) is 6.45. The molecule has 0 aromatic heterocycles. The quantitative estimate of drug-likeness (QED) is 0.334. The Kier molecular flexibility index (Phi) is 3.79. The highest BCUT2D eigenvalue weighted by Crippen LogP contribution is 2.16. The molecular weight excluding hydrogens is 194 g/mol. The minimum Gasteiger partial charge on any atom is -0.389 e. The van der Waals surface area contributed by atoms with Gasteiger partial charge in [-0.05, 0) is 5.56 Å². The minimum atomic E-state index is -1.00. The van der Waals surface area contributed by atoms with Gasteiger partial charge in [0, 0.05) is 12.1 Å². The van der Waals surface area contributed by atoms with Gasteiger partial charge < -0.3 is 21.7 Å². The number of amidine groups is 1. The SMILES string of the molecule is N=C(N)c1ccc(C(O)C(O)CN)cc1. The van der Waals surface area contributed by atoms with Crippen LogP contribution >= 0.6 is 0 Å². The Labute approximate surface area is 87.8 Å². The second-order valence-corrected chi connectivity index (χ2v) is 3.28. The maximum atomic E-state index is 9.60. The molecule has 5 heteroatoms. The molecule has 1 aromatic rings. The smallest absolute Gasteiger partial charge is 0.122 e. The van der Waals surface area contributed by atoms with E-state index in [1.54, 1.807) is 24.3 Å². The summed E-state index contributed by atoms with van der Waals surface area (Å²) < 4.78 is 0. The Hall–Kier alpha value is -1.43. The summed E-state index contributed by atoms with van der Waals surface area (Å²) >= 11 is 0. The highest BCUT2D eigenvalue weighted by Gasteiger charge is 2.16. The molecule has 0 aliphatic rings. The van der Waals surface area contributed by atoms with Crippen LogP contribution in [0.3, 0.4) is 0 Å². The van der Waals surface area contributed by atoms with Gasteiger partial charge in [0.1, 0.15) is 11.9 Å². The molecule has 5 nitrogen and oxygen atoms in total. The first-order chi connectivity index (χ1) is 7.06. The van der Waals surface area contributed by atoms with E-state index in [4.69, 9.17) is 16.9 Å². The number of nitrogens with two attached hydrogens (primary N) is 2. The average Bonchev–Trinajstić information content (AvgIpc) is 2.27. The second-order valence-electron chi connectivity index (χ2n) is 3.28. The fourth-order valence-corrected chi connectivity index (χ4v) is 1.21. The molecular formula is C10H15N3O2. The topological polar surface area (TPSA) is 116 Å². The van der Waals surface area contributed by atoms with E-state index < -0.39 is 12.2 Å². The number of benzene rings is 1. The van der Waals surface area contributed by atoms with Crippen molar-refractivity contribution in [3.63, 3.8) is 0 Å². The molecule has 0 radical (unpaired) electrons. The fourth-order valence-electron chi connectivity index (χ4n) is 1.21. The first kappa shape index (κ1) is 11.6. The molecule has 2 atom stereocenters. The molecule has 0 saturated heterocycles. The molecule has 1 rings (SSSR count). The van der Waals surface area contributed by atoms with Crippen molar-refractivity contribution in [2.24, 2.45) is 11.5 Å². The highest BCUT2D eigenvalue weighted by atomic mass is 16.3. The molecule has 0 amide bonds. The lowest BCUT2D eigenvalue weighted by Gasteiger charge is -2.16. The van der Waals surface area contributed by atoms with E-state index in [1.807, 2.05) is 0 Å². The fraction of sp³-hybridized carbons (Fsp3) is 0.300. The molecule has 1 aromatic carbocycles. The zero-order valence-corrected chi connectivity index (χ0v) is 8.22. The van der Waals surface area contributed by atoms with E-state index in [9.17, 15) is 10.2 Å². The van der Waals surface area contributed by atoms with Crippen LogP contribution in [0.5, 0.6) is 0 Å². The van der Waals surface area contributed by atoms with E-state index in [-0.39, 0.29) is 12.4 Å². The molecule has 0 bridgehead atoms. The predicted molar refractivity (Wildman–Crippen MR) is 57.5 cm³/mol. The van der Waals surface area contributed by atoms with Gasteiger partial charge in [-0.1, -0.05) is 24.3 Å². The minimum absolute atomic E-state index is 0.00434. The van der Waals surface area contributed by atoms with Gasteiger partial charge in [-0.25, -0.2) is 0 Å². The normalized spacial score (nSPS) is 14.6. The van der Waals surface area contributed by atoms with Crippen molar-refractivity contribution < 1.29 is 10.2 Å². The van der Waals surface area contributed by atoms with E-state index in [2.05, 4.69) is 0 Å². The number of hydrogen-bond donors (Lipinski definition) is 5. The summed E-state index contributed by atoms with van der Waals surface area (Å²) in [6.07, 6.45) is -1.98. The van der Waals surface area contributed by atoms with Crippen LogP contribution in [-0.4, -0.2) is 28.7 Å². The van der Waals surface area contributed by atoms with E-state index in [1.165, 1.54) is 0 Å². The lowest BCUT2D eigenvalue weighted by Crippen LogP contribution is -2.27. The lowest BCUT2D eigenvalue weighted by molar-refractivity contribution is 0.0243. The summed E-state index contributed by atoms with van der Waals surface area (Å²) in [5.74, 6) is -0.0320. The number of aliphatic hydroxyl groups is 2. The van der Waals surface area contributed by atoms with Gasteiger partial charge in [0.25, 0.3) is 0 Å². The third kappa shape index (κ3) is 2.76. The van der Waals surface area contributed by atoms with Crippen molar-refractivity contribution in [1.29, 1.82) is 5.41 Å². The Bertz CT molecular complexity index is 337. The molecule has 0 aliphatic heterocycles. The Balaban J connectivity index is 2.84. The first-order valence-corrected chi connectivity index (χ1v) is 4.56. The van der Waals surface area contributed by atoms with Crippen LogP contribution in [0.15, 0.2) is 24.3 Å². The summed E-state index contributed by atoms with van der Waals surface area (Å²) in [5.41, 5.74) is 11.6. The van der Waals surface area contributed by atoms with Crippen molar-refractivity contribution in [3.05, 3.63) is 35.4 Å². The number of nitrogens with one attached hydrogen (secondary N) is 1. The maximum Gasteiger partial charge on any atom is 0.122 e. The van der Waals surface area contributed by atoms with Crippen LogP contribution in [0.1, 0.15) is 17.2 Å². The van der Waals surface area contributed by atoms with Gasteiger partial charge in [-0.3, -0.25) is 5.41 Å². The monoisotopic (exact) mass is 209 g/mol. The standard InChI is InChI=1S/C10H15N3O2/c11-5-8(14)9(15)6-1-3-7(4-2-6)10(12)13/h1-4,8-9,14-15H,5,11H2,(H3,12,13). The van der Waals surface area contributed by atoms with Crippen LogP contribution < -0.4 is 11.5 Å². The van der Waals surface area contributed by atoms with Crippen LogP contribution in [0.2, 0.25) is 0 Å². The molecule has 0 spiro atoms. The van der Waals surface area contributed by atoms with Gasteiger partial charge in [0.2, 0.25) is 0 Å². The Morgan fingerprint density at radius 2 is 1.80 bits per heavy atom. The van der Waals surface area contributed by atoms with Crippen LogP contribution in [-0.2, 0) is 0 Å². The highest BCUT2D eigenvalue weighted by molar-refractivity contribution is 5.94. The maximum absolute atomic E-state index is 9.60. The Morgan fingerprint density at radius 1 is 1.27 bits per heavy atom. The molecule has 0 saturated carbocycles. The van der Waals surface area contributed by atoms with Crippen LogP contribution in [0.4, 0.5) is 0 Å². The van der Waals surface area contributed by atoms with Crippen molar-refractivity contribution in [2.45, 2.75) is 12.2 Å². The summed E-state index contributed by atoms with van der Waals surface area (Å²) in [5, 5.41) is 26.1. The zero-order valence-electron chi connectivity index (χ0n) is 8.22. The van der Waals surface area contributed by atoms with Gasteiger partial charge >= 0.3 is 0 Å². The zero-order chi connectivity index (χ0) is 11.4. The van der Waals surface area contributed by atoms with Crippen molar-refractivity contribution in [3.8, 4) is 0 Å². The number of aliphatic hydroxyl groups excluding tert-OH is 2. The number of hydrogen-bond acceptors (Lipinski definition) is 4. The summed E-state index contributed by atoms with van der Waals surface area (Å²) in [6.45, 7) is -0.00434. The van der Waals surface area contributed by atoms with E-state index >= 15 is 0 Å². The molecule has 0 heterocycles. The van der Waals surface area contributed by atoms with Crippen molar-refractivity contribution in [1.82, 2.24) is 0 Å². The first-order valence-electron chi connectivity index (χ1n) is 4.56. The van der Waals surface area contributed by atoms with Gasteiger partial charge in [-0.15, -0.1) is 0 Å². The van der Waals surface area contributed by atoms with Crippen LogP contribution in [0.25, 0.3) is 0 Å². The molecule has 0 fully saturated rings. The average molecular weight is 209 g/mol. The number of rotatable bonds is 4. The predicted octanol–water partition coefficient (Wildman–Crippen LogP) is -0.676. The second kappa shape index (κ2) is 4.88. The number of nitrogen functional groups attached to an aromatic ring is 1. The van der Waals surface area contributed by atoms with Gasteiger partial charge in [-0.2, -0.15) is 0 Å². The lowest BCUT2D eigenvalue weighted by atomic mass is 10.0. The van der Waals surface area contributed by atoms with E-state index in [0.717, 1.165) is 0 Å². The largest absolute Gasteiger partial charge is 0.389 e. The van der Waals surface area contributed by atoms with Gasteiger partial charge in [0.15, 0.2) is 0 Å². The van der Waals surface area contributed by atoms with Crippen LogP contribution in [0, 0.1) is 5.41 Å². The summed E-state index contributed by atoms with van der Waals surface area (Å²) in [4.78, 5) is 0. The third-order valence-electron chi connectivity index (χ3n) is 2.17. The molecule has 2 unspecified atom stereocenters. The van der Waals surface area contributed by atoms with Crippen molar-refractivity contribution in [2.75, 3.05) is 6.54 Å². The van der Waals surface area contributed by atoms with E-state index in [0.29, 0.717) is 11.1 Å². The molecule has 7 N–H and O–H groups in total. The molecule has 82 valence electrons. The van der Waals surface area contributed by atoms with Crippen molar-refractivity contribution >= 4 is 5.84 Å². The summed E-state index contributed by atoms with van der Waals surface area (Å²) in [7, 11) is 0. The third-order valence-corrected chi connectivity index (χ3v) is 2.17. The van der Waals surface area contributed by atoms with Gasteiger partial charge in [0.05, 0.1) is 6.10 Å². The Morgan fingerprint density at radius 3 is 2.20 bits per heavy atom.